The molecule has 6 heteroatoms. The van der Waals surface area contributed by atoms with Gasteiger partial charge in [-0.25, -0.2) is 0 Å². The second-order valence-electron chi connectivity index (χ2n) is 6.44. The van der Waals surface area contributed by atoms with Crippen LogP contribution in [0.15, 0.2) is 36.9 Å². The Morgan fingerprint density at radius 2 is 1.78 bits per heavy atom. The highest BCUT2D eigenvalue weighted by molar-refractivity contribution is 5.58. The van der Waals surface area contributed by atoms with Crippen LogP contribution in [-0.4, -0.2) is 27.1 Å². The van der Waals surface area contributed by atoms with E-state index in [1.807, 2.05) is 37.3 Å². The summed E-state index contributed by atoms with van der Waals surface area (Å²) in [6.45, 7) is 5.94. The zero-order chi connectivity index (χ0) is 19.0. The Bertz CT molecular complexity index is 875. The third-order valence-corrected chi connectivity index (χ3v) is 4.67. The minimum absolute atomic E-state index is 0.178. The number of allylic oxidation sites excluding steroid dienone is 1. The molecule has 0 spiro atoms. The molecule has 0 fully saturated rings. The van der Waals surface area contributed by atoms with Gasteiger partial charge in [-0.15, -0.1) is 6.58 Å². The monoisotopic (exact) mass is 370 g/mol. The standard InChI is InChI=1S/C21H22O6/c1-5-6-13-7-15(22-3)21-18(8-13)27-19(12(2)26-21)14-9-16(23-4)20-17(10-14)24-11-25-20/h5,7-10,12,19H,1,6,11H2,2-4H3/t12-,19-/m0/s1. The highest BCUT2D eigenvalue weighted by atomic mass is 16.7. The van der Waals surface area contributed by atoms with Crippen molar-refractivity contribution in [2.45, 2.75) is 25.6 Å². The molecular formula is C21H22O6. The first-order valence-electron chi connectivity index (χ1n) is 8.77. The van der Waals surface area contributed by atoms with Crippen LogP contribution in [-0.2, 0) is 6.42 Å². The maximum atomic E-state index is 6.33. The average molecular weight is 370 g/mol. The SMILES string of the molecule is C=CCc1cc(OC)c2c(c1)O[C@H](c1cc(OC)c3c(c1)OCO3)[C@H](C)O2. The molecule has 0 unspecified atom stereocenters. The molecule has 2 aromatic carbocycles. The molecule has 2 aromatic rings. The lowest BCUT2D eigenvalue weighted by atomic mass is 10.0. The van der Waals surface area contributed by atoms with Crippen molar-refractivity contribution in [2.75, 3.05) is 21.0 Å². The zero-order valence-electron chi connectivity index (χ0n) is 15.6. The molecule has 142 valence electrons. The molecule has 27 heavy (non-hydrogen) atoms. The number of benzene rings is 2. The van der Waals surface area contributed by atoms with Crippen LogP contribution < -0.4 is 28.4 Å². The van der Waals surface area contributed by atoms with Crippen molar-refractivity contribution in [3.05, 3.63) is 48.0 Å². The van der Waals surface area contributed by atoms with Crippen molar-refractivity contribution < 1.29 is 28.4 Å². The van der Waals surface area contributed by atoms with Gasteiger partial charge in [0.2, 0.25) is 18.3 Å². The number of hydrogen-bond donors (Lipinski definition) is 0. The first-order valence-corrected chi connectivity index (χ1v) is 8.77. The van der Waals surface area contributed by atoms with Crippen LogP contribution in [0.3, 0.4) is 0 Å². The minimum Gasteiger partial charge on any atom is -0.493 e. The molecule has 6 nitrogen and oxygen atoms in total. The quantitative estimate of drug-likeness (QED) is 0.740. The first kappa shape index (κ1) is 17.4. The molecular weight excluding hydrogens is 348 g/mol. The summed E-state index contributed by atoms with van der Waals surface area (Å²) in [4.78, 5) is 0. The van der Waals surface area contributed by atoms with Gasteiger partial charge in [-0.05, 0) is 43.2 Å². The van der Waals surface area contributed by atoms with Gasteiger partial charge in [0.25, 0.3) is 0 Å². The number of fused-ring (bicyclic) bond motifs is 2. The van der Waals surface area contributed by atoms with E-state index >= 15 is 0 Å². The van der Waals surface area contributed by atoms with Gasteiger partial charge in [-0.1, -0.05) is 6.08 Å². The van der Waals surface area contributed by atoms with E-state index in [2.05, 4.69) is 6.58 Å². The molecule has 0 aliphatic carbocycles. The molecule has 0 radical (unpaired) electrons. The maximum absolute atomic E-state index is 6.33. The van der Waals surface area contributed by atoms with E-state index in [1.165, 1.54) is 0 Å². The van der Waals surface area contributed by atoms with Crippen LogP contribution in [0.1, 0.15) is 24.2 Å². The van der Waals surface area contributed by atoms with E-state index in [9.17, 15) is 0 Å². The van der Waals surface area contributed by atoms with Crippen LogP contribution >= 0.6 is 0 Å². The molecule has 4 rings (SSSR count). The van der Waals surface area contributed by atoms with Crippen molar-refractivity contribution >= 4 is 0 Å². The van der Waals surface area contributed by atoms with Crippen molar-refractivity contribution in [2.24, 2.45) is 0 Å². The maximum Gasteiger partial charge on any atom is 0.231 e. The average Bonchev–Trinajstić information content (AvgIpc) is 3.15. The Morgan fingerprint density at radius 3 is 2.52 bits per heavy atom. The van der Waals surface area contributed by atoms with Gasteiger partial charge < -0.3 is 28.4 Å². The molecule has 0 saturated heterocycles. The number of methoxy groups -OCH3 is 2. The van der Waals surface area contributed by atoms with Crippen molar-refractivity contribution in [3.63, 3.8) is 0 Å². The van der Waals surface area contributed by atoms with Gasteiger partial charge in [0.15, 0.2) is 29.1 Å². The Hall–Kier alpha value is -3.02. The molecule has 0 bridgehead atoms. The smallest absolute Gasteiger partial charge is 0.231 e. The van der Waals surface area contributed by atoms with E-state index in [-0.39, 0.29) is 19.0 Å². The van der Waals surface area contributed by atoms with Crippen molar-refractivity contribution in [1.82, 2.24) is 0 Å². The summed E-state index contributed by atoms with van der Waals surface area (Å²) in [6, 6.07) is 7.71. The summed E-state index contributed by atoms with van der Waals surface area (Å²) in [5.41, 5.74) is 1.93. The molecule has 2 aliphatic heterocycles. The van der Waals surface area contributed by atoms with Crippen LogP contribution in [0.4, 0.5) is 0 Å². The summed E-state index contributed by atoms with van der Waals surface area (Å²) in [7, 11) is 3.22. The van der Waals surface area contributed by atoms with E-state index < -0.39 is 0 Å². The second kappa shape index (κ2) is 6.95. The van der Waals surface area contributed by atoms with Gasteiger partial charge in [0, 0.05) is 5.56 Å². The van der Waals surface area contributed by atoms with Crippen LogP contribution in [0.2, 0.25) is 0 Å². The Kier molecular flexibility index (Phi) is 4.48. The summed E-state index contributed by atoms with van der Waals surface area (Å²) in [5, 5.41) is 0. The van der Waals surface area contributed by atoms with Crippen molar-refractivity contribution in [1.29, 1.82) is 0 Å². The van der Waals surface area contributed by atoms with Crippen LogP contribution in [0, 0.1) is 0 Å². The predicted octanol–water partition coefficient (Wildman–Crippen LogP) is 4.06. The normalized spacial score (nSPS) is 19.5. The van der Waals surface area contributed by atoms with E-state index in [4.69, 9.17) is 28.4 Å². The highest BCUT2D eigenvalue weighted by Crippen LogP contribution is 2.49. The number of ether oxygens (including phenoxy) is 6. The molecule has 2 atom stereocenters. The highest BCUT2D eigenvalue weighted by Gasteiger charge is 2.34. The largest absolute Gasteiger partial charge is 0.493 e. The Morgan fingerprint density at radius 1 is 1.00 bits per heavy atom. The molecule has 2 heterocycles. The molecule has 0 aromatic heterocycles. The summed E-state index contributed by atoms with van der Waals surface area (Å²) < 4.78 is 34.4. The third kappa shape index (κ3) is 3.01. The summed E-state index contributed by atoms with van der Waals surface area (Å²) in [5.74, 6) is 3.77. The number of rotatable bonds is 5. The summed E-state index contributed by atoms with van der Waals surface area (Å²) >= 11 is 0. The summed E-state index contributed by atoms with van der Waals surface area (Å²) in [6.07, 6.45) is 1.99. The fourth-order valence-corrected chi connectivity index (χ4v) is 3.40. The Balaban J connectivity index is 1.73. The minimum atomic E-state index is -0.329. The zero-order valence-corrected chi connectivity index (χ0v) is 15.6. The topological polar surface area (TPSA) is 55.4 Å². The number of hydrogen-bond acceptors (Lipinski definition) is 6. The van der Waals surface area contributed by atoms with Gasteiger partial charge in [-0.3, -0.25) is 0 Å². The van der Waals surface area contributed by atoms with E-state index in [0.29, 0.717) is 40.9 Å². The molecule has 0 saturated carbocycles. The second-order valence-corrected chi connectivity index (χ2v) is 6.44. The van der Waals surface area contributed by atoms with Gasteiger partial charge in [0.1, 0.15) is 6.10 Å². The van der Waals surface area contributed by atoms with Gasteiger partial charge in [-0.2, -0.15) is 0 Å². The van der Waals surface area contributed by atoms with E-state index in [0.717, 1.165) is 11.1 Å². The Labute approximate surface area is 158 Å². The van der Waals surface area contributed by atoms with Crippen molar-refractivity contribution in [3.8, 4) is 34.5 Å². The fourth-order valence-electron chi connectivity index (χ4n) is 3.40. The molecule has 0 N–H and O–H groups in total. The lowest BCUT2D eigenvalue weighted by molar-refractivity contribution is 0.0279. The molecule has 2 aliphatic rings. The predicted molar refractivity (Wildman–Crippen MR) is 99.5 cm³/mol. The van der Waals surface area contributed by atoms with Gasteiger partial charge in [0.05, 0.1) is 14.2 Å². The third-order valence-electron chi connectivity index (χ3n) is 4.67. The fraction of sp³-hybridized carbons (Fsp3) is 0.333. The van der Waals surface area contributed by atoms with Crippen LogP contribution in [0.5, 0.6) is 34.5 Å². The van der Waals surface area contributed by atoms with E-state index in [1.54, 1.807) is 14.2 Å². The van der Waals surface area contributed by atoms with Crippen LogP contribution in [0.25, 0.3) is 0 Å². The first-order chi connectivity index (χ1) is 13.1. The lowest BCUT2D eigenvalue weighted by Gasteiger charge is -2.33. The van der Waals surface area contributed by atoms with Gasteiger partial charge >= 0.3 is 0 Å². The lowest BCUT2D eigenvalue weighted by Crippen LogP contribution is -2.31. The molecule has 0 amide bonds.